The lowest BCUT2D eigenvalue weighted by molar-refractivity contribution is 0.197. The van der Waals surface area contributed by atoms with Crippen LogP contribution in [0.5, 0.6) is 0 Å². The Morgan fingerprint density at radius 1 is 1.50 bits per heavy atom. The van der Waals surface area contributed by atoms with Gasteiger partial charge in [-0.15, -0.1) is 5.92 Å². The Labute approximate surface area is 51.0 Å². The van der Waals surface area contributed by atoms with Crippen LogP contribution in [0.2, 0.25) is 0 Å². The number of hydrogen-bond donors (Lipinski definition) is 0. The lowest BCUT2D eigenvalue weighted by Crippen LogP contribution is -1.88. The van der Waals surface area contributed by atoms with E-state index in [1.165, 1.54) is 0 Å². The molecular weight excluding hydrogens is 100 g/mol. The van der Waals surface area contributed by atoms with E-state index in [-0.39, 0.29) is 0 Å². The molecule has 0 saturated carbocycles. The molecule has 0 aliphatic rings. The topological polar surface area (TPSA) is 9.23 Å². The molecule has 1 heteroatoms. The second kappa shape index (κ2) is 6.52. The van der Waals surface area contributed by atoms with Gasteiger partial charge >= 0.3 is 0 Å². The molecule has 45 valence electrons. The fourth-order valence-electron chi connectivity index (χ4n) is 0.299. The molecule has 0 fully saturated rings. The Morgan fingerprint density at radius 3 is 2.75 bits per heavy atom. The van der Waals surface area contributed by atoms with E-state index in [2.05, 4.69) is 18.8 Å². The zero-order chi connectivity index (χ0) is 6.24. The van der Waals surface area contributed by atoms with Gasteiger partial charge in [-0.1, -0.05) is 12.8 Å². The zero-order valence-corrected chi connectivity index (χ0v) is 5.24. The number of ether oxygens (including phenoxy) is 1. The molecule has 0 aliphatic carbocycles. The minimum absolute atomic E-state index is 0.512. The van der Waals surface area contributed by atoms with Crippen molar-refractivity contribution in [3.8, 4) is 11.8 Å². The van der Waals surface area contributed by atoms with E-state index in [1.807, 2.05) is 6.92 Å². The third-order valence-corrected chi connectivity index (χ3v) is 0.620. The Morgan fingerprint density at radius 2 is 2.25 bits per heavy atom. The Bertz CT molecular complexity index is 86.3. The predicted octanol–water partition coefficient (Wildman–Crippen LogP) is 1.25. The van der Waals surface area contributed by atoms with Crippen molar-refractivity contribution in [2.24, 2.45) is 0 Å². The van der Waals surface area contributed by atoms with Crippen LogP contribution in [-0.4, -0.2) is 13.2 Å². The van der Waals surface area contributed by atoms with Crippen LogP contribution in [0.3, 0.4) is 0 Å². The van der Waals surface area contributed by atoms with Crippen LogP contribution in [0.15, 0.2) is 0 Å². The molecule has 1 radical (unpaired) electrons. The first kappa shape index (κ1) is 7.52. The molecule has 0 aromatic carbocycles. The maximum atomic E-state index is 4.85. The van der Waals surface area contributed by atoms with Gasteiger partial charge in [0.2, 0.25) is 0 Å². The van der Waals surface area contributed by atoms with Gasteiger partial charge < -0.3 is 4.74 Å². The van der Waals surface area contributed by atoms with Crippen molar-refractivity contribution >= 4 is 0 Å². The highest BCUT2D eigenvalue weighted by atomic mass is 16.5. The number of hydrogen-bond acceptors (Lipinski definition) is 1. The summed E-state index contributed by atoms with van der Waals surface area (Å²) in [6, 6.07) is 0. The summed E-state index contributed by atoms with van der Waals surface area (Å²) < 4.78 is 4.85. The average Bonchev–Trinajstić information content (AvgIpc) is 1.81. The van der Waals surface area contributed by atoms with Crippen molar-refractivity contribution in [3.63, 3.8) is 0 Å². The molecule has 0 aliphatic heterocycles. The summed E-state index contributed by atoms with van der Waals surface area (Å²) in [5.41, 5.74) is 0. The molecule has 0 unspecified atom stereocenters. The van der Waals surface area contributed by atoms with Crippen molar-refractivity contribution in [3.05, 3.63) is 6.92 Å². The minimum Gasteiger partial charge on any atom is -0.369 e. The smallest absolute Gasteiger partial charge is 0.107 e. The quantitative estimate of drug-likeness (QED) is 0.385. The van der Waals surface area contributed by atoms with Crippen molar-refractivity contribution in [2.45, 2.75) is 13.3 Å². The molecule has 0 heterocycles. The third-order valence-electron chi connectivity index (χ3n) is 0.620. The normalized spacial score (nSPS) is 7.75. The lowest BCUT2D eigenvalue weighted by Gasteiger charge is -1.87. The van der Waals surface area contributed by atoms with E-state index < -0.39 is 0 Å². The predicted molar refractivity (Wildman–Crippen MR) is 34.2 cm³/mol. The van der Waals surface area contributed by atoms with Gasteiger partial charge in [-0.2, -0.15) is 0 Å². The first-order chi connectivity index (χ1) is 3.91. The van der Waals surface area contributed by atoms with Crippen LogP contribution in [0.1, 0.15) is 13.3 Å². The fraction of sp³-hybridized carbons (Fsp3) is 0.571. The SMILES string of the molecule is [CH2]COCC#CCC. The maximum Gasteiger partial charge on any atom is 0.107 e. The summed E-state index contributed by atoms with van der Waals surface area (Å²) in [6.45, 7) is 6.54. The van der Waals surface area contributed by atoms with Crippen LogP contribution in [-0.2, 0) is 4.74 Å². The first-order valence-electron chi connectivity index (χ1n) is 2.74. The Hall–Kier alpha value is -0.480. The zero-order valence-electron chi connectivity index (χ0n) is 5.24. The van der Waals surface area contributed by atoms with Gasteiger partial charge in [-0.3, -0.25) is 0 Å². The second-order valence-electron chi connectivity index (χ2n) is 1.26. The summed E-state index contributed by atoms with van der Waals surface area (Å²) in [6.07, 6.45) is 0.903. The van der Waals surface area contributed by atoms with Crippen LogP contribution in [0.25, 0.3) is 0 Å². The van der Waals surface area contributed by atoms with Gasteiger partial charge in [0, 0.05) is 13.0 Å². The van der Waals surface area contributed by atoms with E-state index in [0.29, 0.717) is 13.2 Å². The van der Waals surface area contributed by atoms with Crippen LogP contribution >= 0.6 is 0 Å². The van der Waals surface area contributed by atoms with E-state index in [1.54, 1.807) is 0 Å². The molecule has 0 N–H and O–H groups in total. The van der Waals surface area contributed by atoms with E-state index in [4.69, 9.17) is 4.74 Å². The molecule has 0 saturated heterocycles. The highest BCUT2D eigenvalue weighted by molar-refractivity contribution is 4.97. The largest absolute Gasteiger partial charge is 0.369 e. The third kappa shape index (κ3) is 5.52. The fourth-order valence-corrected chi connectivity index (χ4v) is 0.299. The summed E-state index contributed by atoms with van der Waals surface area (Å²) in [5.74, 6) is 5.70. The summed E-state index contributed by atoms with van der Waals surface area (Å²) >= 11 is 0. The lowest BCUT2D eigenvalue weighted by atomic mass is 10.5. The molecule has 1 nitrogen and oxygen atoms in total. The standard InChI is InChI=1S/C7H11O/c1-3-5-6-7-8-4-2/h2-4,7H2,1H3. The van der Waals surface area contributed by atoms with Gasteiger partial charge in [0.1, 0.15) is 6.61 Å². The van der Waals surface area contributed by atoms with Crippen LogP contribution in [0, 0.1) is 18.8 Å². The molecule has 0 rings (SSSR count). The summed E-state index contributed by atoms with van der Waals surface area (Å²) in [4.78, 5) is 0. The Kier molecular flexibility index (Phi) is 6.13. The Balaban J connectivity index is 2.90. The average molecular weight is 111 g/mol. The van der Waals surface area contributed by atoms with Gasteiger partial charge in [0.05, 0.1) is 0 Å². The molecule has 0 amide bonds. The molecule has 0 bridgehead atoms. The van der Waals surface area contributed by atoms with Crippen LogP contribution < -0.4 is 0 Å². The molecule has 0 aromatic rings. The molecule has 8 heavy (non-hydrogen) atoms. The van der Waals surface area contributed by atoms with Gasteiger partial charge in [0.15, 0.2) is 0 Å². The van der Waals surface area contributed by atoms with Crippen molar-refractivity contribution in [1.29, 1.82) is 0 Å². The highest BCUT2D eigenvalue weighted by Gasteiger charge is 1.70. The van der Waals surface area contributed by atoms with Crippen LogP contribution in [0.4, 0.5) is 0 Å². The monoisotopic (exact) mass is 111 g/mol. The highest BCUT2D eigenvalue weighted by Crippen LogP contribution is 1.70. The van der Waals surface area contributed by atoms with E-state index in [0.717, 1.165) is 6.42 Å². The van der Waals surface area contributed by atoms with Gasteiger partial charge in [0.25, 0.3) is 0 Å². The minimum atomic E-state index is 0.512. The summed E-state index contributed by atoms with van der Waals surface area (Å²) in [5, 5.41) is 0. The molecule has 0 spiro atoms. The van der Waals surface area contributed by atoms with Crippen molar-refractivity contribution < 1.29 is 4.74 Å². The van der Waals surface area contributed by atoms with Crippen molar-refractivity contribution in [2.75, 3.05) is 13.2 Å². The maximum absolute atomic E-state index is 4.85. The summed E-state index contributed by atoms with van der Waals surface area (Å²) in [7, 11) is 0. The number of rotatable bonds is 2. The first-order valence-corrected chi connectivity index (χ1v) is 2.74. The van der Waals surface area contributed by atoms with Crippen molar-refractivity contribution in [1.82, 2.24) is 0 Å². The van der Waals surface area contributed by atoms with E-state index in [9.17, 15) is 0 Å². The van der Waals surface area contributed by atoms with Gasteiger partial charge in [-0.05, 0) is 6.92 Å². The molecular formula is C7H11O. The molecule has 0 atom stereocenters. The van der Waals surface area contributed by atoms with E-state index >= 15 is 0 Å². The molecule has 0 aromatic heterocycles. The van der Waals surface area contributed by atoms with Gasteiger partial charge in [-0.25, -0.2) is 0 Å². The second-order valence-corrected chi connectivity index (χ2v) is 1.26.